The smallest absolute Gasteiger partial charge is 0.304 e. The largest absolute Gasteiger partial charge is 0.508 e. The molecule has 0 radical (unpaired) electrons. The molecule has 2 aliphatic rings. The molecule has 0 bridgehead atoms. The second-order valence-electron chi connectivity index (χ2n) is 7.65. The number of carbonyl (C=O) groups is 2. The Bertz CT molecular complexity index is 1280. The molecule has 8 nitrogen and oxygen atoms in total. The molecule has 0 aliphatic carbocycles. The fourth-order valence-corrected chi connectivity index (χ4v) is 4.04. The average Bonchev–Trinajstić information content (AvgIpc) is 3.13. The van der Waals surface area contributed by atoms with Gasteiger partial charge in [0, 0.05) is 23.9 Å². The highest BCUT2D eigenvalue weighted by molar-refractivity contribution is 6.15. The van der Waals surface area contributed by atoms with E-state index in [1.165, 1.54) is 18.3 Å². The summed E-state index contributed by atoms with van der Waals surface area (Å²) in [5.74, 6) is -0.906. The summed E-state index contributed by atoms with van der Waals surface area (Å²) in [6, 6.07) is 11.6. The van der Waals surface area contributed by atoms with Crippen LogP contribution in [0.5, 0.6) is 23.0 Å². The molecule has 2 aromatic carbocycles. The number of Topliss-reactive ketones (excluding diaryl/α,β-unsaturated/α-hetero) is 1. The second-order valence-corrected chi connectivity index (χ2v) is 7.65. The van der Waals surface area contributed by atoms with E-state index < -0.39 is 11.9 Å². The molecule has 0 saturated heterocycles. The van der Waals surface area contributed by atoms with E-state index in [0.29, 0.717) is 35.8 Å². The number of phenols is 1. The van der Waals surface area contributed by atoms with Crippen molar-refractivity contribution in [1.29, 1.82) is 0 Å². The maximum absolute atomic E-state index is 13.1. The van der Waals surface area contributed by atoms with Gasteiger partial charge in [-0.25, -0.2) is 0 Å². The Morgan fingerprint density at radius 3 is 2.70 bits per heavy atom. The third-order valence-electron chi connectivity index (χ3n) is 5.53. The summed E-state index contributed by atoms with van der Waals surface area (Å²) in [5, 5.41) is 20.2. The number of phenolic OH excluding ortho intramolecular Hbond substituents is 1. The van der Waals surface area contributed by atoms with Gasteiger partial charge in [-0.1, -0.05) is 12.1 Å². The number of aliphatic carboxylic acids is 1. The highest BCUT2D eigenvalue weighted by Crippen LogP contribution is 2.46. The number of carboxylic acids is 1. The van der Waals surface area contributed by atoms with E-state index in [9.17, 15) is 19.8 Å². The number of carboxylic acid groups (broad SMARTS) is 1. The number of hydrogen-bond donors (Lipinski definition) is 2. The summed E-state index contributed by atoms with van der Waals surface area (Å²) >= 11 is 0. The van der Waals surface area contributed by atoms with Gasteiger partial charge in [-0.05, 0) is 47.5 Å². The number of pyridine rings is 1. The van der Waals surface area contributed by atoms with Gasteiger partial charge in [0.05, 0.1) is 12.0 Å². The Hall–Kier alpha value is -4.33. The van der Waals surface area contributed by atoms with E-state index in [-0.39, 0.29) is 40.6 Å². The SMILES string of the molecule is O=C(O)C[C@H](c1cccnc1)c1c(O)ccc2c1O/C(=C\c1ccc3c(c1)OCCO3)C2=O. The molecule has 0 unspecified atom stereocenters. The normalized spacial score (nSPS) is 16.2. The summed E-state index contributed by atoms with van der Waals surface area (Å²) in [6.07, 6.45) is 4.38. The van der Waals surface area contributed by atoms with Crippen LogP contribution in [0.25, 0.3) is 6.08 Å². The van der Waals surface area contributed by atoms with Crippen molar-refractivity contribution in [3.05, 3.63) is 82.9 Å². The molecule has 2 N–H and O–H groups in total. The number of aromatic hydroxyl groups is 1. The van der Waals surface area contributed by atoms with Gasteiger partial charge in [-0.2, -0.15) is 0 Å². The lowest BCUT2D eigenvalue weighted by atomic mass is 9.87. The predicted octanol–water partition coefficient (Wildman–Crippen LogP) is 3.78. The third-order valence-corrected chi connectivity index (χ3v) is 5.53. The van der Waals surface area contributed by atoms with E-state index in [0.717, 1.165) is 0 Å². The fourth-order valence-electron chi connectivity index (χ4n) is 4.04. The van der Waals surface area contributed by atoms with Crippen LogP contribution in [0.2, 0.25) is 0 Å². The zero-order valence-electron chi connectivity index (χ0n) is 17.4. The summed E-state index contributed by atoms with van der Waals surface area (Å²) < 4.78 is 17.0. The van der Waals surface area contributed by atoms with Crippen LogP contribution in [0, 0.1) is 0 Å². The van der Waals surface area contributed by atoms with Crippen LogP contribution in [0.3, 0.4) is 0 Å². The lowest BCUT2D eigenvalue weighted by Gasteiger charge is -2.19. The Morgan fingerprint density at radius 2 is 1.94 bits per heavy atom. The van der Waals surface area contributed by atoms with Crippen LogP contribution < -0.4 is 14.2 Å². The first kappa shape index (κ1) is 20.6. The maximum atomic E-state index is 13.1. The number of hydrogen-bond acceptors (Lipinski definition) is 7. The summed E-state index contributed by atoms with van der Waals surface area (Å²) in [7, 11) is 0. The monoisotopic (exact) mass is 445 g/mol. The van der Waals surface area contributed by atoms with Gasteiger partial charge in [0.25, 0.3) is 0 Å². The Kier molecular flexibility index (Phi) is 5.18. The van der Waals surface area contributed by atoms with Gasteiger partial charge in [0.1, 0.15) is 24.7 Å². The van der Waals surface area contributed by atoms with Crippen LogP contribution in [0.15, 0.2) is 60.6 Å². The molecule has 1 aromatic heterocycles. The molecule has 1 atom stereocenters. The first-order valence-electron chi connectivity index (χ1n) is 10.3. The van der Waals surface area contributed by atoms with Crippen LogP contribution in [0.1, 0.15) is 39.4 Å². The zero-order valence-corrected chi connectivity index (χ0v) is 17.4. The van der Waals surface area contributed by atoms with Crippen LogP contribution in [-0.4, -0.2) is 40.2 Å². The number of aromatic nitrogens is 1. The molecule has 0 amide bonds. The number of benzene rings is 2. The average molecular weight is 445 g/mol. The van der Waals surface area contributed by atoms with Crippen molar-refractivity contribution in [2.45, 2.75) is 12.3 Å². The minimum atomic E-state index is -1.06. The third kappa shape index (κ3) is 3.87. The number of fused-ring (bicyclic) bond motifs is 2. The fraction of sp³-hybridized carbons (Fsp3) is 0.160. The molecule has 0 spiro atoms. The number of carbonyl (C=O) groups excluding carboxylic acids is 1. The van der Waals surface area contributed by atoms with Crippen molar-refractivity contribution in [2.75, 3.05) is 13.2 Å². The number of allylic oxidation sites excluding steroid dienone is 1. The molecule has 5 rings (SSSR count). The van der Waals surface area contributed by atoms with Crippen LogP contribution in [0.4, 0.5) is 0 Å². The minimum Gasteiger partial charge on any atom is -0.508 e. The molecule has 3 aromatic rings. The van der Waals surface area contributed by atoms with Crippen molar-refractivity contribution in [3.8, 4) is 23.0 Å². The number of ketones is 1. The van der Waals surface area contributed by atoms with Crippen LogP contribution in [-0.2, 0) is 4.79 Å². The maximum Gasteiger partial charge on any atom is 0.304 e. The van der Waals surface area contributed by atoms with Crippen LogP contribution >= 0.6 is 0 Å². The number of ether oxygens (including phenoxy) is 3. The summed E-state index contributed by atoms with van der Waals surface area (Å²) in [4.78, 5) is 28.8. The van der Waals surface area contributed by atoms with Crippen molar-refractivity contribution >= 4 is 17.8 Å². The molecule has 8 heteroatoms. The van der Waals surface area contributed by atoms with E-state index in [1.807, 2.05) is 0 Å². The molecular formula is C25H19NO7. The highest BCUT2D eigenvalue weighted by Gasteiger charge is 2.35. The zero-order chi connectivity index (χ0) is 22.9. The van der Waals surface area contributed by atoms with Crippen molar-refractivity contribution < 1.29 is 34.0 Å². The summed E-state index contributed by atoms with van der Waals surface area (Å²) in [6.45, 7) is 0.918. The molecule has 0 saturated carbocycles. The van der Waals surface area contributed by atoms with Gasteiger partial charge in [0.2, 0.25) is 5.78 Å². The quantitative estimate of drug-likeness (QED) is 0.570. The first-order valence-corrected chi connectivity index (χ1v) is 10.3. The molecular weight excluding hydrogens is 426 g/mol. The Morgan fingerprint density at radius 1 is 1.12 bits per heavy atom. The number of nitrogens with zero attached hydrogens (tertiary/aromatic N) is 1. The van der Waals surface area contributed by atoms with Gasteiger partial charge >= 0.3 is 5.97 Å². The van der Waals surface area contributed by atoms with E-state index in [4.69, 9.17) is 14.2 Å². The van der Waals surface area contributed by atoms with E-state index >= 15 is 0 Å². The standard InChI is InChI=1S/C25H19NO7/c27-18-5-4-16-24(30)21(11-14-3-6-19-20(10-14)32-9-8-31-19)33-25(16)23(18)17(12-22(28)29)15-2-1-7-26-13-15/h1-7,10-11,13,17,27H,8-9,12H2,(H,28,29)/b21-11-/t17-/m1/s1. The van der Waals surface area contributed by atoms with Crippen molar-refractivity contribution in [2.24, 2.45) is 0 Å². The van der Waals surface area contributed by atoms with Crippen molar-refractivity contribution in [3.63, 3.8) is 0 Å². The van der Waals surface area contributed by atoms with E-state index in [2.05, 4.69) is 4.98 Å². The molecule has 3 heterocycles. The molecule has 0 fully saturated rings. The highest BCUT2D eigenvalue weighted by atomic mass is 16.6. The lowest BCUT2D eigenvalue weighted by molar-refractivity contribution is -0.137. The van der Waals surface area contributed by atoms with Gasteiger partial charge in [-0.3, -0.25) is 14.6 Å². The van der Waals surface area contributed by atoms with Gasteiger partial charge in [-0.15, -0.1) is 0 Å². The first-order chi connectivity index (χ1) is 16.0. The predicted molar refractivity (Wildman–Crippen MR) is 117 cm³/mol. The molecule has 33 heavy (non-hydrogen) atoms. The number of rotatable bonds is 5. The second kappa shape index (κ2) is 8.31. The van der Waals surface area contributed by atoms with Gasteiger partial charge in [0.15, 0.2) is 17.3 Å². The summed E-state index contributed by atoms with van der Waals surface area (Å²) in [5.41, 5.74) is 1.76. The minimum absolute atomic E-state index is 0.0637. The Balaban J connectivity index is 1.56. The van der Waals surface area contributed by atoms with Gasteiger partial charge < -0.3 is 24.4 Å². The molecule has 166 valence electrons. The molecule has 2 aliphatic heterocycles. The topological polar surface area (TPSA) is 115 Å². The lowest BCUT2D eigenvalue weighted by Crippen LogP contribution is -2.15. The van der Waals surface area contributed by atoms with E-state index in [1.54, 1.807) is 42.6 Å². The van der Waals surface area contributed by atoms with Crippen molar-refractivity contribution in [1.82, 2.24) is 4.98 Å². The Labute approximate surface area is 188 Å².